The summed E-state index contributed by atoms with van der Waals surface area (Å²) in [5.74, 6) is 0. The summed E-state index contributed by atoms with van der Waals surface area (Å²) >= 11 is 0. The van der Waals surface area contributed by atoms with Crippen molar-refractivity contribution >= 4 is 48.8 Å². The van der Waals surface area contributed by atoms with Crippen molar-refractivity contribution in [2.75, 3.05) is 0 Å². The monoisotopic (exact) mass is 374 g/mol. The molecule has 0 aliphatic heterocycles. The molecule has 5 aromatic rings. The normalized spacial score (nSPS) is 15.8. The third-order valence-corrected chi connectivity index (χ3v) is 5.48. The zero-order valence-corrected chi connectivity index (χ0v) is 15.7. The van der Waals surface area contributed by atoms with E-state index < -0.39 is 6.10 Å². The number of rotatable bonds is 0. The Hall–Kier alpha value is -3.78. The van der Waals surface area contributed by atoms with Crippen molar-refractivity contribution in [1.29, 1.82) is 0 Å². The molecule has 1 unspecified atom stereocenters. The highest BCUT2D eigenvalue weighted by Crippen LogP contribution is 2.39. The first-order valence-electron chi connectivity index (χ1n) is 9.57. The van der Waals surface area contributed by atoms with Crippen molar-refractivity contribution in [3.05, 3.63) is 103 Å². The first kappa shape index (κ1) is 17.3. The molecule has 0 heterocycles. The molecule has 0 radical (unpaired) electrons. The molecular weight excluding hydrogens is 356 g/mol. The van der Waals surface area contributed by atoms with Gasteiger partial charge in [-0.3, -0.25) is 0 Å². The van der Waals surface area contributed by atoms with Crippen LogP contribution >= 0.6 is 0 Å². The summed E-state index contributed by atoms with van der Waals surface area (Å²) in [5, 5.41) is 19.8. The third kappa shape index (κ3) is 2.81. The minimum Gasteiger partial charge on any atom is -0.377 e. The van der Waals surface area contributed by atoms with Crippen molar-refractivity contribution in [1.82, 2.24) is 0 Å². The van der Waals surface area contributed by atoms with E-state index in [1.807, 2.05) is 0 Å². The average molecular weight is 374 g/mol. The lowest BCUT2D eigenvalue weighted by Gasteiger charge is -2.13. The molecule has 0 bridgehead atoms. The fourth-order valence-electron chi connectivity index (χ4n) is 4.19. The summed E-state index contributed by atoms with van der Waals surface area (Å²) in [6.07, 6.45) is 5.72. The topological polar surface area (TPSA) is 56.6 Å². The van der Waals surface area contributed by atoms with Crippen LogP contribution in [-0.2, 0) is 0 Å². The van der Waals surface area contributed by atoms with Gasteiger partial charge in [-0.1, -0.05) is 84.9 Å². The van der Waals surface area contributed by atoms with Gasteiger partial charge in [0.2, 0.25) is 0 Å². The van der Waals surface area contributed by atoms with Gasteiger partial charge in [0.05, 0.1) is 0 Å². The Balaban J connectivity index is 0.000000171. The fraction of sp³-hybridized carbons (Fsp3) is 0.0385. The Bertz CT molecular complexity index is 1300. The second-order valence-corrected chi connectivity index (χ2v) is 7.13. The number of allylic oxidation sites excluding steroid dienone is 2. The molecule has 1 atom stereocenters. The summed E-state index contributed by atoms with van der Waals surface area (Å²) in [4.78, 5) is 2.86. The van der Waals surface area contributed by atoms with Gasteiger partial charge >= 0.3 is 5.71 Å². The van der Waals surface area contributed by atoms with Crippen LogP contribution in [-0.4, -0.2) is 21.7 Å². The van der Waals surface area contributed by atoms with Crippen LogP contribution in [0.1, 0.15) is 0 Å². The summed E-state index contributed by atoms with van der Waals surface area (Å²) < 4.78 is 0. The lowest BCUT2D eigenvalue weighted by Crippen LogP contribution is -2.17. The smallest absolute Gasteiger partial charge is 0.324 e. The van der Waals surface area contributed by atoms with Gasteiger partial charge in [-0.2, -0.15) is 4.79 Å². The van der Waals surface area contributed by atoms with Gasteiger partial charge in [0.15, 0.2) is 6.10 Å². The van der Waals surface area contributed by atoms with Crippen LogP contribution in [0.15, 0.2) is 97.1 Å². The Morgan fingerprint density at radius 1 is 0.655 bits per heavy atom. The van der Waals surface area contributed by atoms with Crippen molar-refractivity contribution in [2.24, 2.45) is 0 Å². The average Bonchev–Trinajstić information content (AvgIpc) is 2.78. The molecule has 1 aliphatic carbocycles. The number of nitrogens with zero attached hydrogens (tertiary/aromatic N) is 2. The first-order chi connectivity index (χ1) is 14.3. The largest absolute Gasteiger partial charge is 0.377 e. The zero-order chi connectivity index (χ0) is 19.8. The van der Waals surface area contributed by atoms with Crippen LogP contribution in [0.2, 0.25) is 0 Å². The van der Waals surface area contributed by atoms with Gasteiger partial charge < -0.3 is 10.6 Å². The van der Waals surface area contributed by atoms with Crippen molar-refractivity contribution < 1.29 is 9.90 Å². The first-order valence-corrected chi connectivity index (χ1v) is 9.57. The minimum atomic E-state index is -0.750. The van der Waals surface area contributed by atoms with Crippen LogP contribution in [0.4, 0.5) is 0 Å². The Morgan fingerprint density at radius 2 is 1.10 bits per heavy atom. The van der Waals surface area contributed by atoms with Gasteiger partial charge in [-0.25, -0.2) is 0 Å². The molecule has 0 saturated carbocycles. The van der Waals surface area contributed by atoms with Gasteiger partial charge in [-0.05, 0) is 49.2 Å². The standard InChI is InChI=1S/C20H12.C6H6N2O/c1-5-13-6-2-11-17-18-12-4-8-14-7-3-10-16(20(14)18)15(9-1)19(13)17;7-8-5-3-1-2-4-6(5)9/h1-12H;1-4,6,9H. The van der Waals surface area contributed by atoms with Crippen LogP contribution < -0.4 is 0 Å². The highest BCUT2D eigenvalue weighted by atomic mass is 16.3. The van der Waals surface area contributed by atoms with E-state index in [4.69, 9.17) is 10.6 Å². The Morgan fingerprint density at radius 3 is 1.45 bits per heavy atom. The number of aliphatic hydroxyl groups is 1. The molecule has 0 amide bonds. The number of hydrogen-bond acceptors (Lipinski definition) is 1. The van der Waals surface area contributed by atoms with E-state index in [2.05, 4.69) is 77.6 Å². The maximum absolute atomic E-state index is 8.94. The highest BCUT2D eigenvalue weighted by Gasteiger charge is 2.15. The van der Waals surface area contributed by atoms with Gasteiger partial charge in [0.25, 0.3) is 0 Å². The second-order valence-electron chi connectivity index (χ2n) is 7.13. The molecule has 6 rings (SSSR count). The zero-order valence-electron chi connectivity index (χ0n) is 15.7. The van der Waals surface area contributed by atoms with E-state index in [1.54, 1.807) is 18.2 Å². The number of benzene rings is 5. The summed E-state index contributed by atoms with van der Waals surface area (Å²) in [6, 6.07) is 26.4. The molecule has 0 saturated heterocycles. The molecule has 0 aromatic heterocycles. The van der Waals surface area contributed by atoms with Crippen LogP contribution in [0.3, 0.4) is 0 Å². The minimum absolute atomic E-state index is 0.275. The molecule has 29 heavy (non-hydrogen) atoms. The lowest BCUT2D eigenvalue weighted by molar-refractivity contribution is -0.0151. The number of aliphatic hydroxyl groups excluding tert-OH is 1. The molecule has 1 aliphatic rings. The molecule has 0 fully saturated rings. The maximum atomic E-state index is 8.94. The lowest BCUT2D eigenvalue weighted by atomic mass is 9.90. The van der Waals surface area contributed by atoms with Crippen LogP contribution in [0.5, 0.6) is 0 Å². The molecule has 1 N–H and O–H groups in total. The molecule has 138 valence electrons. The number of fused-ring (bicyclic) bond motifs is 2. The predicted octanol–water partition coefficient (Wildman–Crippen LogP) is 5.88. The van der Waals surface area contributed by atoms with E-state index in [-0.39, 0.29) is 5.71 Å². The number of hydrogen-bond donors (Lipinski definition) is 1. The molecule has 3 nitrogen and oxygen atoms in total. The maximum Gasteiger partial charge on any atom is 0.324 e. The Kier molecular flexibility index (Phi) is 4.18. The summed E-state index contributed by atoms with van der Waals surface area (Å²) in [7, 11) is 0. The van der Waals surface area contributed by atoms with Gasteiger partial charge in [-0.15, -0.1) is 0 Å². The fourth-order valence-corrected chi connectivity index (χ4v) is 4.19. The van der Waals surface area contributed by atoms with E-state index in [1.165, 1.54) is 49.2 Å². The van der Waals surface area contributed by atoms with E-state index in [0.717, 1.165) is 0 Å². The van der Waals surface area contributed by atoms with E-state index >= 15 is 0 Å². The van der Waals surface area contributed by atoms with E-state index in [0.29, 0.717) is 0 Å². The predicted molar refractivity (Wildman–Crippen MR) is 121 cm³/mol. The van der Waals surface area contributed by atoms with Gasteiger partial charge in [0.1, 0.15) is 0 Å². The van der Waals surface area contributed by atoms with Gasteiger partial charge in [0, 0.05) is 6.08 Å². The third-order valence-electron chi connectivity index (χ3n) is 5.48. The van der Waals surface area contributed by atoms with Crippen LogP contribution in [0.25, 0.3) is 48.6 Å². The molecule has 0 spiro atoms. The van der Waals surface area contributed by atoms with Crippen molar-refractivity contribution in [3.63, 3.8) is 0 Å². The van der Waals surface area contributed by atoms with Crippen molar-refractivity contribution in [2.45, 2.75) is 6.10 Å². The second kappa shape index (κ2) is 6.99. The van der Waals surface area contributed by atoms with Crippen LogP contribution in [0, 0.1) is 0 Å². The Labute approximate surface area is 167 Å². The molecule has 5 aromatic carbocycles. The quantitative estimate of drug-likeness (QED) is 0.156. The molecule has 3 heteroatoms. The summed E-state index contributed by atoms with van der Waals surface area (Å²) in [5.41, 5.74) is 8.48. The summed E-state index contributed by atoms with van der Waals surface area (Å²) in [6.45, 7) is 0. The highest BCUT2D eigenvalue weighted by molar-refractivity contribution is 6.32. The van der Waals surface area contributed by atoms with E-state index in [9.17, 15) is 0 Å². The van der Waals surface area contributed by atoms with Crippen molar-refractivity contribution in [3.8, 4) is 0 Å². The SMILES string of the molecule is [N-]=[N+]=C1C=CC=CC1O.c1cc2cccc3c4cccc5cccc(c(c1)c23)c54. The molecular formula is C26H18N2O.